The predicted molar refractivity (Wildman–Crippen MR) is 58.6 cm³/mol. The van der Waals surface area contributed by atoms with Gasteiger partial charge in [0, 0.05) is 5.02 Å². The maximum Gasteiger partial charge on any atom is 0.147 e. The molecule has 0 heterocycles. The van der Waals surface area contributed by atoms with E-state index in [1.54, 1.807) is 12.1 Å². The minimum Gasteiger partial charge on any atom is -0.298 e. The molecule has 0 saturated carbocycles. The van der Waals surface area contributed by atoms with Crippen LogP contribution in [0.4, 0.5) is 4.39 Å². The lowest BCUT2D eigenvalue weighted by Crippen LogP contribution is -2.01. The summed E-state index contributed by atoms with van der Waals surface area (Å²) in [5, 5.41) is 0.414. The fraction of sp³-hybridized carbons (Fsp3) is 0.300. The Hall–Kier alpha value is -0.410. The maximum atomic E-state index is 12.3. The van der Waals surface area contributed by atoms with Gasteiger partial charge < -0.3 is 0 Å². The Bertz CT molecular complexity index is 354. The molecule has 0 aromatic heterocycles. The summed E-state index contributed by atoms with van der Waals surface area (Å²) in [6.45, 7) is 0.922. The van der Waals surface area contributed by atoms with E-state index in [1.807, 2.05) is 0 Å². The molecule has 0 fully saturated rings. The Kier molecular flexibility index (Phi) is 4.08. The van der Waals surface area contributed by atoms with Gasteiger partial charge in [-0.2, -0.15) is 0 Å². The Morgan fingerprint density at radius 2 is 2.29 bits per heavy atom. The molecule has 76 valence electrons. The lowest BCUT2D eigenvalue weighted by molar-refractivity contribution is -0.116. The number of alkyl halides is 2. The van der Waals surface area contributed by atoms with Crippen LogP contribution in [0, 0.1) is 0 Å². The van der Waals surface area contributed by atoms with Crippen LogP contribution in [0.1, 0.15) is 22.9 Å². The highest BCUT2D eigenvalue weighted by atomic mass is 79.9. The van der Waals surface area contributed by atoms with Gasteiger partial charge in [0.1, 0.15) is 12.5 Å². The summed E-state index contributed by atoms with van der Waals surface area (Å²) >= 11 is 9.12. The highest BCUT2D eigenvalue weighted by Crippen LogP contribution is 2.30. The quantitative estimate of drug-likeness (QED) is 0.769. The Morgan fingerprint density at radius 1 is 1.64 bits per heavy atom. The molecule has 0 aliphatic rings. The van der Waals surface area contributed by atoms with Crippen molar-refractivity contribution in [2.45, 2.75) is 18.4 Å². The molecule has 1 aromatic rings. The Morgan fingerprint density at radius 3 is 2.71 bits per heavy atom. The molecule has 1 aromatic carbocycles. The zero-order valence-electron chi connectivity index (χ0n) is 7.56. The van der Waals surface area contributed by atoms with Crippen LogP contribution in [0.2, 0.25) is 5.02 Å². The first-order valence-corrected chi connectivity index (χ1v) is 5.34. The van der Waals surface area contributed by atoms with Crippen LogP contribution in [-0.4, -0.2) is 5.78 Å². The Balaban J connectivity index is 3.05. The van der Waals surface area contributed by atoms with Crippen molar-refractivity contribution < 1.29 is 9.18 Å². The SMILES string of the molecule is CC(=O)C(Br)c1ccc(CF)cc1Cl. The van der Waals surface area contributed by atoms with E-state index >= 15 is 0 Å². The molecule has 4 heteroatoms. The largest absolute Gasteiger partial charge is 0.298 e. The molecule has 0 spiro atoms. The zero-order valence-corrected chi connectivity index (χ0v) is 9.90. The summed E-state index contributed by atoms with van der Waals surface area (Å²) in [5.74, 6) is -0.0279. The van der Waals surface area contributed by atoms with E-state index in [9.17, 15) is 9.18 Å². The molecule has 14 heavy (non-hydrogen) atoms. The fourth-order valence-electron chi connectivity index (χ4n) is 1.08. The van der Waals surface area contributed by atoms with Crippen LogP contribution in [0.5, 0.6) is 0 Å². The average Bonchev–Trinajstić information content (AvgIpc) is 2.16. The molecule has 0 bridgehead atoms. The fourth-order valence-corrected chi connectivity index (χ4v) is 1.92. The summed E-state index contributed by atoms with van der Waals surface area (Å²) in [6.07, 6.45) is 0. The number of ketones is 1. The highest BCUT2D eigenvalue weighted by molar-refractivity contribution is 9.09. The molecule has 0 aliphatic heterocycles. The van der Waals surface area contributed by atoms with Gasteiger partial charge in [0.15, 0.2) is 0 Å². The Labute approximate surface area is 95.4 Å². The van der Waals surface area contributed by atoms with Crippen LogP contribution in [0.15, 0.2) is 18.2 Å². The molecule has 0 N–H and O–H groups in total. The smallest absolute Gasteiger partial charge is 0.147 e. The maximum absolute atomic E-state index is 12.3. The van der Waals surface area contributed by atoms with Crippen molar-refractivity contribution in [3.05, 3.63) is 34.3 Å². The second kappa shape index (κ2) is 4.89. The van der Waals surface area contributed by atoms with Crippen LogP contribution < -0.4 is 0 Å². The summed E-state index contributed by atoms with van der Waals surface area (Å²) < 4.78 is 12.3. The van der Waals surface area contributed by atoms with Crippen molar-refractivity contribution in [2.24, 2.45) is 0 Å². The van der Waals surface area contributed by atoms with E-state index in [2.05, 4.69) is 15.9 Å². The summed E-state index contributed by atoms with van der Waals surface area (Å²) in [7, 11) is 0. The average molecular weight is 280 g/mol. The summed E-state index contributed by atoms with van der Waals surface area (Å²) in [4.78, 5) is 10.7. The van der Waals surface area contributed by atoms with Crippen LogP contribution in [-0.2, 0) is 11.5 Å². The van der Waals surface area contributed by atoms with Gasteiger partial charge in [-0.3, -0.25) is 4.79 Å². The molecule has 1 atom stereocenters. The number of Topliss-reactive ketones (excluding diaryl/α,β-unsaturated/α-hetero) is 1. The number of carbonyl (C=O) groups excluding carboxylic acids is 1. The second-order valence-electron chi connectivity index (χ2n) is 2.96. The first-order valence-electron chi connectivity index (χ1n) is 4.05. The van der Waals surface area contributed by atoms with E-state index < -0.39 is 11.5 Å². The van der Waals surface area contributed by atoms with Crippen molar-refractivity contribution in [1.29, 1.82) is 0 Å². The van der Waals surface area contributed by atoms with Gasteiger partial charge in [0.25, 0.3) is 0 Å². The number of benzene rings is 1. The molecule has 1 unspecified atom stereocenters. The van der Waals surface area contributed by atoms with E-state index in [-0.39, 0.29) is 5.78 Å². The van der Waals surface area contributed by atoms with Crippen molar-refractivity contribution in [3.63, 3.8) is 0 Å². The minimum atomic E-state index is -0.549. The van der Waals surface area contributed by atoms with E-state index in [4.69, 9.17) is 11.6 Å². The summed E-state index contributed by atoms with van der Waals surface area (Å²) in [6, 6.07) is 4.82. The van der Waals surface area contributed by atoms with Gasteiger partial charge >= 0.3 is 0 Å². The molecule has 0 saturated heterocycles. The molecule has 1 rings (SSSR count). The van der Waals surface area contributed by atoms with Gasteiger partial charge in [-0.05, 0) is 24.1 Å². The number of hydrogen-bond donors (Lipinski definition) is 0. The van der Waals surface area contributed by atoms with Crippen molar-refractivity contribution >= 4 is 33.3 Å². The van der Waals surface area contributed by atoms with Gasteiger partial charge in [-0.1, -0.05) is 39.7 Å². The minimum absolute atomic E-state index is 0.0279. The van der Waals surface area contributed by atoms with Crippen molar-refractivity contribution in [1.82, 2.24) is 0 Å². The number of rotatable bonds is 3. The normalized spacial score (nSPS) is 12.6. The lowest BCUT2D eigenvalue weighted by Gasteiger charge is -2.09. The van der Waals surface area contributed by atoms with E-state index in [0.717, 1.165) is 0 Å². The first-order chi connectivity index (χ1) is 6.56. The monoisotopic (exact) mass is 278 g/mol. The van der Waals surface area contributed by atoms with Gasteiger partial charge in [-0.15, -0.1) is 0 Å². The molecule has 1 nitrogen and oxygen atoms in total. The van der Waals surface area contributed by atoms with Crippen LogP contribution in [0.3, 0.4) is 0 Å². The van der Waals surface area contributed by atoms with Gasteiger partial charge in [0.2, 0.25) is 0 Å². The molecule has 0 radical (unpaired) electrons. The second-order valence-corrected chi connectivity index (χ2v) is 4.29. The standard InChI is InChI=1S/C10H9BrClFO/c1-6(14)10(11)8-3-2-7(5-13)4-9(8)12/h2-4,10H,5H2,1H3. The predicted octanol–water partition coefficient (Wildman–Crippen LogP) is 3.83. The number of halogens is 3. The molecule has 0 aliphatic carbocycles. The third-order valence-corrected chi connectivity index (χ3v) is 3.31. The lowest BCUT2D eigenvalue weighted by atomic mass is 10.1. The van der Waals surface area contributed by atoms with Crippen LogP contribution >= 0.6 is 27.5 Å². The van der Waals surface area contributed by atoms with Crippen LogP contribution in [0.25, 0.3) is 0 Å². The van der Waals surface area contributed by atoms with E-state index in [0.29, 0.717) is 16.1 Å². The molecular weight excluding hydrogens is 270 g/mol. The van der Waals surface area contributed by atoms with Gasteiger partial charge in [0.05, 0.1) is 4.83 Å². The number of carbonyl (C=O) groups is 1. The zero-order chi connectivity index (χ0) is 10.7. The highest BCUT2D eigenvalue weighted by Gasteiger charge is 2.15. The third-order valence-electron chi connectivity index (χ3n) is 1.85. The molecule has 0 amide bonds. The summed E-state index contributed by atoms with van der Waals surface area (Å²) in [5.41, 5.74) is 1.19. The first kappa shape index (κ1) is 11.7. The van der Waals surface area contributed by atoms with Crippen molar-refractivity contribution in [2.75, 3.05) is 0 Å². The topological polar surface area (TPSA) is 17.1 Å². The van der Waals surface area contributed by atoms with Crippen molar-refractivity contribution in [3.8, 4) is 0 Å². The number of hydrogen-bond acceptors (Lipinski definition) is 1. The third kappa shape index (κ3) is 2.55. The van der Waals surface area contributed by atoms with E-state index in [1.165, 1.54) is 13.0 Å². The van der Waals surface area contributed by atoms with Gasteiger partial charge in [-0.25, -0.2) is 4.39 Å². The molecular formula is C10H9BrClFO.